The summed E-state index contributed by atoms with van der Waals surface area (Å²) in [5, 5.41) is 2.78. The van der Waals surface area contributed by atoms with Crippen molar-refractivity contribution in [2.75, 3.05) is 19.6 Å². The van der Waals surface area contributed by atoms with E-state index in [9.17, 15) is 9.59 Å². The van der Waals surface area contributed by atoms with Crippen molar-refractivity contribution in [3.63, 3.8) is 0 Å². The summed E-state index contributed by atoms with van der Waals surface area (Å²) in [6.45, 7) is 6.13. The monoisotopic (exact) mass is 277 g/mol. The van der Waals surface area contributed by atoms with E-state index in [1.54, 1.807) is 17.0 Å². The van der Waals surface area contributed by atoms with Gasteiger partial charge in [-0.15, -0.1) is 0 Å². The first-order valence-corrected chi connectivity index (χ1v) is 6.97. The highest BCUT2D eigenvalue weighted by atomic mass is 16.2. The number of nitrogens with one attached hydrogen (secondary N) is 1. The van der Waals surface area contributed by atoms with Gasteiger partial charge in [0.25, 0.3) is 5.91 Å². The Morgan fingerprint density at radius 3 is 2.25 bits per heavy atom. The minimum atomic E-state index is -0.0594. The van der Waals surface area contributed by atoms with Gasteiger partial charge in [0.15, 0.2) is 0 Å². The molecule has 1 rings (SSSR count). The van der Waals surface area contributed by atoms with Crippen LogP contribution in [-0.2, 0) is 11.3 Å². The molecule has 1 aromatic rings. The summed E-state index contributed by atoms with van der Waals surface area (Å²) in [5.41, 5.74) is 6.94. The quantitative estimate of drug-likeness (QED) is 0.784. The second-order valence-electron chi connectivity index (χ2n) is 4.49. The number of nitrogens with two attached hydrogens (primary N) is 1. The fourth-order valence-corrected chi connectivity index (χ4v) is 1.88. The van der Waals surface area contributed by atoms with Gasteiger partial charge < -0.3 is 16.0 Å². The predicted octanol–water partition coefficient (Wildman–Crippen LogP) is 1.13. The van der Waals surface area contributed by atoms with E-state index in [-0.39, 0.29) is 11.8 Å². The highest BCUT2D eigenvalue weighted by molar-refractivity contribution is 5.94. The van der Waals surface area contributed by atoms with Crippen LogP contribution in [0.4, 0.5) is 0 Å². The number of carbonyl (C=O) groups excluding carboxylic acids is 2. The third-order valence-electron chi connectivity index (χ3n) is 3.11. The molecule has 0 atom stereocenters. The lowest BCUT2D eigenvalue weighted by Crippen LogP contribution is -2.30. The van der Waals surface area contributed by atoms with Gasteiger partial charge in [0, 0.05) is 38.2 Å². The topological polar surface area (TPSA) is 75.4 Å². The molecule has 5 nitrogen and oxygen atoms in total. The molecule has 0 saturated heterocycles. The number of hydrogen-bond acceptors (Lipinski definition) is 3. The number of benzene rings is 1. The second-order valence-corrected chi connectivity index (χ2v) is 4.49. The van der Waals surface area contributed by atoms with Crippen LogP contribution in [-0.4, -0.2) is 36.3 Å². The Bertz CT molecular complexity index is 439. The molecule has 0 saturated carbocycles. The molecule has 1 aromatic carbocycles. The molecule has 5 heteroatoms. The Hall–Kier alpha value is -1.88. The summed E-state index contributed by atoms with van der Waals surface area (Å²) in [4.78, 5) is 25.2. The van der Waals surface area contributed by atoms with Gasteiger partial charge in [0.2, 0.25) is 5.91 Å². The van der Waals surface area contributed by atoms with Gasteiger partial charge in [0.1, 0.15) is 0 Å². The van der Waals surface area contributed by atoms with Crippen LogP contribution in [0.15, 0.2) is 24.3 Å². The molecule has 0 aliphatic heterocycles. The summed E-state index contributed by atoms with van der Waals surface area (Å²) in [7, 11) is 0. The second kappa shape index (κ2) is 8.32. The molecule has 0 aromatic heterocycles. The van der Waals surface area contributed by atoms with E-state index in [2.05, 4.69) is 5.32 Å². The van der Waals surface area contributed by atoms with Crippen LogP contribution in [0.5, 0.6) is 0 Å². The van der Waals surface area contributed by atoms with Gasteiger partial charge >= 0.3 is 0 Å². The minimum absolute atomic E-state index is 0.0358. The lowest BCUT2D eigenvalue weighted by Gasteiger charge is -2.18. The van der Waals surface area contributed by atoms with Crippen LogP contribution in [0.2, 0.25) is 0 Å². The van der Waals surface area contributed by atoms with Crippen molar-refractivity contribution >= 4 is 11.8 Å². The predicted molar refractivity (Wildman–Crippen MR) is 79.2 cm³/mol. The molecule has 0 radical (unpaired) electrons. The molecule has 0 heterocycles. The molecule has 0 bridgehead atoms. The molecular formula is C15H23N3O2. The van der Waals surface area contributed by atoms with Crippen LogP contribution < -0.4 is 11.1 Å². The van der Waals surface area contributed by atoms with E-state index in [1.165, 1.54) is 0 Å². The zero-order valence-corrected chi connectivity index (χ0v) is 12.2. The van der Waals surface area contributed by atoms with E-state index >= 15 is 0 Å². The van der Waals surface area contributed by atoms with Gasteiger partial charge in [-0.1, -0.05) is 12.1 Å². The normalized spacial score (nSPS) is 10.2. The molecule has 0 fully saturated rings. The van der Waals surface area contributed by atoms with Crippen molar-refractivity contribution in [3.05, 3.63) is 35.4 Å². The molecule has 0 aliphatic carbocycles. The number of nitrogens with zero attached hydrogens (tertiary/aromatic N) is 1. The van der Waals surface area contributed by atoms with Crippen molar-refractivity contribution in [1.82, 2.24) is 10.2 Å². The molecule has 3 N–H and O–H groups in total. The van der Waals surface area contributed by atoms with Gasteiger partial charge in [-0.3, -0.25) is 9.59 Å². The first kappa shape index (κ1) is 16.2. The fraction of sp³-hybridized carbons (Fsp3) is 0.467. The van der Waals surface area contributed by atoms with Crippen LogP contribution in [0.3, 0.4) is 0 Å². The number of hydrogen-bond donors (Lipinski definition) is 2. The summed E-state index contributed by atoms with van der Waals surface area (Å²) in [5.74, 6) is -0.0236. The average Bonchev–Trinajstić information content (AvgIpc) is 2.47. The Labute approximate surface area is 120 Å². The third kappa shape index (κ3) is 4.66. The van der Waals surface area contributed by atoms with Crippen molar-refractivity contribution in [3.8, 4) is 0 Å². The van der Waals surface area contributed by atoms with Crippen LogP contribution in [0, 0.1) is 0 Å². The van der Waals surface area contributed by atoms with Crippen LogP contribution in [0.1, 0.15) is 36.2 Å². The maximum absolute atomic E-state index is 12.1. The first-order chi connectivity index (χ1) is 9.62. The maximum Gasteiger partial charge on any atom is 0.253 e. The lowest BCUT2D eigenvalue weighted by molar-refractivity contribution is -0.121. The Morgan fingerprint density at radius 2 is 1.75 bits per heavy atom. The number of amides is 2. The minimum Gasteiger partial charge on any atom is -0.352 e. The zero-order valence-electron chi connectivity index (χ0n) is 12.2. The average molecular weight is 277 g/mol. The smallest absolute Gasteiger partial charge is 0.253 e. The molecule has 0 unspecified atom stereocenters. The zero-order chi connectivity index (χ0) is 15.0. The standard InChI is InChI=1S/C15H23N3O2/c1-3-18(4-2)15(20)13-7-5-12(6-8-13)11-17-14(19)9-10-16/h5-8H,3-4,9-11,16H2,1-2H3,(H,17,19). The Kier molecular flexibility index (Phi) is 6.73. The number of carbonyl (C=O) groups is 2. The lowest BCUT2D eigenvalue weighted by atomic mass is 10.1. The molecular weight excluding hydrogens is 254 g/mol. The van der Waals surface area contributed by atoms with Gasteiger partial charge in [-0.05, 0) is 31.5 Å². The summed E-state index contributed by atoms with van der Waals surface area (Å²) in [6.07, 6.45) is 0.332. The SMILES string of the molecule is CCN(CC)C(=O)c1ccc(CNC(=O)CCN)cc1. The Balaban J connectivity index is 2.60. The Morgan fingerprint density at radius 1 is 1.15 bits per heavy atom. The van der Waals surface area contributed by atoms with E-state index in [0.717, 1.165) is 5.56 Å². The number of rotatable bonds is 7. The third-order valence-corrected chi connectivity index (χ3v) is 3.11. The van der Waals surface area contributed by atoms with Gasteiger partial charge in [-0.25, -0.2) is 0 Å². The summed E-state index contributed by atoms with van der Waals surface area (Å²) >= 11 is 0. The molecule has 20 heavy (non-hydrogen) atoms. The van der Waals surface area contributed by atoms with E-state index in [1.807, 2.05) is 26.0 Å². The van der Waals surface area contributed by atoms with E-state index in [0.29, 0.717) is 38.2 Å². The first-order valence-electron chi connectivity index (χ1n) is 6.97. The highest BCUT2D eigenvalue weighted by Gasteiger charge is 2.11. The summed E-state index contributed by atoms with van der Waals surface area (Å²) < 4.78 is 0. The highest BCUT2D eigenvalue weighted by Crippen LogP contribution is 2.08. The van der Waals surface area contributed by atoms with Gasteiger partial charge in [0.05, 0.1) is 0 Å². The van der Waals surface area contributed by atoms with Crippen molar-refractivity contribution in [2.24, 2.45) is 5.73 Å². The van der Waals surface area contributed by atoms with Gasteiger partial charge in [-0.2, -0.15) is 0 Å². The van der Waals surface area contributed by atoms with Crippen LogP contribution >= 0.6 is 0 Å². The fourth-order valence-electron chi connectivity index (χ4n) is 1.88. The van der Waals surface area contributed by atoms with Crippen molar-refractivity contribution < 1.29 is 9.59 Å². The molecule has 0 aliphatic rings. The largest absolute Gasteiger partial charge is 0.352 e. The molecule has 110 valence electrons. The van der Waals surface area contributed by atoms with Crippen molar-refractivity contribution in [1.29, 1.82) is 0 Å². The van der Waals surface area contributed by atoms with E-state index in [4.69, 9.17) is 5.73 Å². The maximum atomic E-state index is 12.1. The van der Waals surface area contributed by atoms with E-state index < -0.39 is 0 Å². The van der Waals surface area contributed by atoms with Crippen LogP contribution in [0.25, 0.3) is 0 Å². The van der Waals surface area contributed by atoms with Crippen molar-refractivity contribution in [2.45, 2.75) is 26.8 Å². The summed E-state index contributed by atoms with van der Waals surface area (Å²) in [6, 6.07) is 7.31. The molecule has 0 spiro atoms. The molecule has 2 amide bonds.